The van der Waals surface area contributed by atoms with Crippen molar-refractivity contribution in [3.05, 3.63) is 61.3 Å². The van der Waals surface area contributed by atoms with E-state index in [1.807, 2.05) is 24.7 Å². The van der Waals surface area contributed by atoms with Crippen LogP contribution in [-0.2, 0) is 0 Å². The molecule has 0 atom stereocenters. The van der Waals surface area contributed by atoms with Gasteiger partial charge < -0.3 is 15.2 Å². The second-order valence-corrected chi connectivity index (χ2v) is 9.06. The van der Waals surface area contributed by atoms with Gasteiger partial charge in [0, 0.05) is 59.3 Å². The van der Waals surface area contributed by atoms with Crippen molar-refractivity contribution in [3.63, 3.8) is 0 Å². The number of nitrogens with zero attached hydrogens (tertiary/aromatic N) is 5. The molecule has 0 bridgehead atoms. The van der Waals surface area contributed by atoms with Gasteiger partial charge in [0.15, 0.2) is 5.65 Å². The highest BCUT2D eigenvalue weighted by molar-refractivity contribution is 5.99. The molecule has 0 unspecified atom stereocenters. The summed E-state index contributed by atoms with van der Waals surface area (Å²) in [5.74, 6) is 1.05. The predicted molar refractivity (Wildman–Crippen MR) is 141 cm³/mol. The van der Waals surface area contributed by atoms with Crippen LogP contribution in [0.3, 0.4) is 0 Å². The number of H-pyrrole nitrogens is 2. The first-order valence-electron chi connectivity index (χ1n) is 12.2. The third kappa shape index (κ3) is 4.01. The number of anilines is 2. The minimum absolute atomic E-state index is 0.679. The van der Waals surface area contributed by atoms with Crippen LogP contribution in [0, 0.1) is 0 Å². The number of hydrogen-bond acceptors (Lipinski definition) is 6. The van der Waals surface area contributed by atoms with Crippen LogP contribution in [-0.4, -0.2) is 43.2 Å². The third-order valence-electron chi connectivity index (χ3n) is 6.68. The molecular weight excluding hydrogens is 436 g/mol. The number of allylic oxidation sites excluding steroid dienone is 1. The van der Waals surface area contributed by atoms with Crippen LogP contribution in [0.25, 0.3) is 44.5 Å². The van der Waals surface area contributed by atoms with Gasteiger partial charge in [0.05, 0.1) is 28.8 Å². The Morgan fingerprint density at radius 2 is 1.89 bits per heavy atom. The second kappa shape index (κ2) is 8.87. The number of aromatic amines is 2. The molecule has 6 heterocycles. The average Bonchev–Trinajstić information content (AvgIpc) is 3.53. The summed E-state index contributed by atoms with van der Waals surface area (Å²) in [6.45, 7) is 8.21. The first-order valence-corrected chi connectivity index (χ1v) is 12.2. The fourth-order valence-corrected chi connectivity index (χ4v) is 4.75. The molecule has 176 valence electrons. The summed E-state index contributed by atoms with van der Waals surface area (Å²) in [5, 5.41) is 13.1. The molecule has 5 aromatic heterocycles. The highest BCUT2D eigenvalue weighted by Crippen LogP contribution is 2.34. The van der Waals surface area contributed by atoms with Crippen LogP contribution in [0.4, 0.5) is 11.5 Å². The molecule has 0 radical (unpaired) electrons. The van der Waals surface area contributed by atoms with Crippen LogP contribution in [0.5, 0.6) is 0 Å². The van der Waals surface area contributed by atoms with E-state index in [4.69, 9.17) is 4.98 Å². The zero-order chi connectivity index (χ0) is 23.8. The fraction of sp³-hybridized carbons (Fsp3) is 0.259. The molecule has 0 aliphatic carbocycles. The van der Waals surface area contributed by atoms with Crippen molar-refractivity contribution >= 4 is 33.4 Å². The van der Waals surface area contributed by atoms with Gasteiger partial charge in [-0.15, -0.1) is 0 Å². The Morgan fingerprint density at radius 1 is 1.03 bits per heavy atom. The maximum atomic E-state index is 4.72. The van der Waals surface area contributed by atoms with Crippen molar-refractivity contribution in [2.75, 3.05) is 23.3 Å². The molecule has 0 amide bonds. The van der Waals surface area contributed by atoms with Crippen LogP contribution in [0.2, 0.25) is 0 Å². The highest BCUT2D eigenvalue weighted by atomic mass is 15.2. The normalized spacial score (nSPS) is 14.0. The zero-order valence-corrected chi connectivity index (χ0v) is 19.8. The van der Waals surface area contributed by atoms with Crippen LogP contribution in [0.1, 0.15) is 32.6 Å². The van der Waals surface area contributed by atoms with Gasteiger partial charge >= 0.3 is 0 Å². The standard InChI is InChI=1S/C27H28N8/c1-3-17(2)31-20-11-18(14-28-16-20)19-12-22-25(33-34-26(22)30-15-19)24-13-21-23(32-24)7-8-29-27(21)35-9-5-4-6-10-35/h7-8,11-16,31-32H,2-6,9-10H2,1H3,(H,30,33,34). The molecule has 1 fully saturated rings. The van der Waals surface area contributed by atoms with E-state index in [-0.39, 0.29) is 0 Å². The van der Waals surface area contributed by atoms with Gasteiger partial charge in [0.1, 0.15) is 5.82 Å². The smallest absolute Gasteiger partial charge is 0.181 e. The van der Waals surface area contributed by atoms with Crippen LogP contribution < -0.4 is 10.2 Å². The van der Waals surface area contributed by atoms with E-state index in [9.17, 15) is 0 Å². The Morgan fingerprint density at radius 3 is 2.74 bits per heavy atom. The molecule has 3 N–H and O–H groups in total. The molecule has 0 saturated carbocycles. The molecule has 1 saturated heterocycles. The molecule has 8 heteroatoms. The average molecular weight is 465 g/mol. The summed E-state index contributed by atoms with van der Waals surface area (Å²) in [7, 11) is 0. The van der Waals surface area contributed by atoms with E-state index in [0.29, 0.717) is 5.65 Å². The second-order valence-electron chi connectivity index (χ2n) is 9.06. The SMILES string of the molecule is C=C(CC)Nc1cncc(-c2cnc3n[nH]c(-c4cc5c(N6CCCCC6)nccc5[nH]4)c3c2)c1. The summed E-state index contributed by atoms with van der Waals surface area (Å²) in [6.07, 6.45) is 12.0. The lowest BCUT2D eigenvalue weighted by molar-refractivity contribution is 0.575. The largest absolute Gasteiger partial charge is 0.358 e. The Labute approximate surface area is 203 Å². The van der Waals surface area contributed by atoms with Crippen LogP contribution >= 0.6 is 0 Å². The number of pyridine rings is 3. The Bertz CT molecular complexity index is 1520. The summed E-state index contributed by atoms with van der Waals surface area (Å²) < 4.78 is 0. The van der Waals surface area contributed by atoms with Gasteiger partial charge in [-0.25, -0.2) is 9.97 Å². The first-order chi connectivity index (χ1) is 17.2. The fourth-order valence-electron chi connectivity index (χ4n) is 4.75. The van der Waals surface area contributed by atoms with E-state index in [2.05, 4.69) is 67.1 Å². The van der Waals surface area contributed by atoms with E-state index in [1.54, 1.807) is 6.20 Å². The maximum Gasteiger partial charge on any atom is 0.181 e. The lowest BCUT2D eigenvalue weighted by Crippen LogP contribution is -2.30. The first kappa shape index (κ1) is 21.3. The number of aromatic nitrogens is 6. The monoisotopic (exact) mass is 464 g/mol. The molecule has 0 spiro atoms. The number of piperidine rings is 1. The predicted octanol–water partition coefficient (Wildman–Crippen LogP) is 5.89. The van der Waals surface area contributed by atoms with Crippen molar-refractivity contribution in [3.8, 4) is 22.5 Å². The molecule has 1 aliphatic rings. The molecule has 6 rings (SSSR count). The van der Waals surface area contributed by atoms with E-state index < -0.39 is 0 Å². The van der Waals surface area contributed by atoms with Gasteiger partial charge in [0.25, 0.3) is 0 Å². The summed E-state index contributed by atoms with van der Waals surface area (Å²) in [5.41, 5.74) is 7.46. The van der Waals surface area contributed by atoms with Gasteiger partial charge in [0.2, 0.25) is 0 Å². The van der Waals surface area contributed by atoms with Gasteiger partial charge in [-0.3, -0.25) is 10.1 Å². The Hall–Kier alpha value is -4.20. The van der Waals surface area contributed by atoms with Crippen molar-refractivity contribution in [1.29, 1.82) is 0 Å². The van der Waals surface area contributed by atoms with E-state index >= 15 is 0 Å². The molecule has 8 nitrogen and oxygen atoms in total. The minimum atomic E-state index is 0.679. The van der Waals surface area contributed by atoms with Gasteiger partial charge in [-0.1, -0.05) is 13.5 Å². The van der Waals surface area contributed by atoms with Gasteiger partial charge in [-0.05, 0) is 49.9 Å². The summed E-state index contributed by atoms with van der Waals surface area (Å²) in [6, 6.07) is 8.39. The lowest BCUT2D eigenvalue weighted by atomic mass is 10.1. The van der Waals surface area contributed by atoms with Crippen molar-refractivity contribution in [1.82, 2.24) is 30.1 Å². The molecule has 35 heavy (non-hydrogen) atoms. The molecule has 1 aliphatic heterocycles. The minimum Gasteiger partial charge on any atom is -0.358 e. The highest BCUT2D eigenvalue weighted by Gasteiger charge is 2.18. The van der Waals surface area contributed by atoms with E-state index in [1.165, 1.54) is 19.3 Å². The quantitative estimate of drug-likeness (QED) is 0.290. The molecule has 0 aromatic carbocycles. The van der Waals surface area contributed by atoms with Crippen molar-refractivity contribution < 1.29 is 0 Å². The number of nitrogens with one attached hydrogen (secondary N) is 3. The number of rotatable bonds is 6. The molecule has 5 aromatic rings. The zero-order valence-electron chi connectivity index (χ0n) is 19.8. The topological polar surface area (TPSA) is 98.4 Å². The molecular formula is C27H28N8. The third-order valence-corrected chi connectivity index (χ3v) is 6.68. The van der Waals surface area contributed by atoms with Crippen molar-refractivity contribution in [2.45, 2.75) is 32.6 Å². The number of hydrogen-bond donors (Lipinski definition) is 3. The Kier molecular flexibility index (Phi) is 5.41. The summed E-state index contributed by atoms with van der Waals surface area (Å²) >= 11 is 0. The van der Waals surface area contributed by atoms with Crippen molar-refractivity contribution in [2.24, 2.45) is 0 Å². The van der Waals surface area contributed by atoms with Crippen LogP contribution in [0.15, 0.2) is 61.3 Å². The Balaban J connectivity index is 1.39. The lowest BCUT2D eigenvalue weighted by Gasteiger charge is -2.28. The number of fused-ring (bicyclic) bond motifs is 2. The maximum absolute atomic E-state index is 4.72. The van der Waals surface area contributed by atoms with Gasteiger partial charge in [-0.2, -0.15) is 5.10 Å². The summed E-state index contributed by atoms with van der Waals surface area (Å²) in [4.78, 5) is 19.7. The van der Waals surface area contributed by atoms with E-state index in [0.717, 1.165) is 75.5 Å².